The minimum Gasteiger partial charge on any atom is -0.492 e. The lowest BCUT2D eigenvalue weighted by atomic mass is 10.2. The maximum Gasteiger partial charge on any atom is 0.141 e. The molecule has 0 aliphatic rings. The fourth-order valence-corrected chi connectivity index (χ4v) is 3.46. The van der Waals surface area contributed by atoms with E-state index in [9.17, 15) is 0 Å². The molecule has 0 aliphatic carbocycles. The lowest BCUT2D eigenvalue weighted by Crippen LogP contribution is -2.09. The number of fused-ring (bicyclic) bond motifs is 1. The van der Waals surface area contributed by atoms with Crippen LogP contribution in [-0.2, 0) is 6.54 Å². The van der Waals surface area contributed by atoms with Gasteiger partial charge in [0, 0.05) is 15.1 Å². The fourth-order valence-electron chi connectivity index (χ4n) is 2.94. The van der Waals surface area contributed by atoms with Crippen LogP contribution in [0.15, 0.2) is 77.3 Å². The zero-order valence-corrected chi connectivity index (χ0v) is 16.2. The van der Waals surface area contributed by atoms with E-state index in [0.717, 1.165) is 32.6 Å². The smallest absolute Gasteiger partial charge is 0.141 e. The molecule has 0 N–H and O–H groups in total. The Labute approximate surface area is 165 Å². The quantitative estimate of drug-likeness (QED) is 0.379. The van der Waals surface area contributed by atoms with Gasteiger partial charge in [0.25, 0.3) is 0 Å². The van der Waals surface area contributed by atoms with E-state index >= 15 is 0 Å². The number of benzene rings is 3. The van der Waals surface area contributed by atoms with Gasteiger partial charge in [-0.1, -0.05) is 51.8 Å². The lowest BCUT2D eigenvalue weighted by molar-refractivity contribution is 0.301. The Morgan fingerprint density at radius 1 is 0.962 bits per heavy atom. The molecule has 3 nitrogen and oxygen atoms in total. The summed E-state index contributed by atoms with van der Waals surface area (Å²) in [6.07, 6.45) is 0. The average molecular weight is 428 g/mol. The molecular formula is C21H16BrClN2O. The highest BCUT2D eigenvalue weighted by molar-refractivity contribution is 9.10. The van der Waals surface area contributed by atoms with Crippen LogP contribution in [0.25, 0.3) is 22.4 Å². The van der Waals surface area contributed by atoms with Crippen molar-refractivity contribution in [2.24, 2.45) is 0 Å². The molecule has 0 bridgehead atoms. The second-order valence-electron chi connectivity index (χ2n) is 5.89. The van der Waals surface area contributed by atoms with Gasteiger partial charge in [0.15, 0.2) is 0 Å². The Balaban J connectivity index is 1.64. The highest BCUT2D eigenvalue weighted by Crippen LogP contribution is 2.27. The van der Waals surface area contributed by atoms with Crippen LogP contribution in [0.2, 0.25) is 5.02 Å². The molecule has 0 aliphatic heterocycles. The zero-order chi connectivity index (χ0) is 17.9. The number of halogens is 2. The summed E-state index contributed by atoms with van der Waals surface area (Å²) in [6, 6.07) is 23.8. The SMILES string of the molecule is Clc1ccc(OCCn2c(-c3cccc(Br)c3)nc3ccccc32)cc1. The van der Waals surface area contributed by atoms with Crippen LogP contribution in [0.1, 0.15) is 0 Å². The predicted octanol–water partition coefficient (Wildman–Crippen LogP) is 6.20. The van der Waals surface area contributed by atoms with Crippen LogP contribution in [-0.4, -0.2) is 16.2 Å². The van der Waals surface area contributed by atoms with Gasteiger partial charge in [-0.25, -0.2) is 4.98 Å². The largest absolute Gasteiger partial charge is 0.492 e. The van der Waals surface area contributed by atoms with E-state index in [2.05, 4.69) is 38.7 Å². The number of para-hydroxylation sites is 2. The standard InChI is InChI=1S/C21H16BrClN2O/c22-16-5-3-4-15(14-16)21-24-19-6-1-2-7-20(19)25(21)12-13-26-18-10-8-17(23)9-11-18/h1-11,14H,12-13H2. The molecule has 5 heteroatoms. The highest BCUT2D eigenvalue weighted by atomic mass is 79.9. The van der Waals surface area contributed by atoms with E-state index in [1.54, 1.807) is 0 Å². The van der Waals surface area contributed by atoms with E-state index in [0.29, 0.717) is 18.2 Å². The van der Waals surface area contributed by atoms with Crippen molar-refractivity contribution in [3.63, 3.8) is 0 Å². The molecule has 4 aromatic rings. The first-order valence-electron chi connectivity index (χ1n) is 8.30. The number of nitrogens with zero attached hydrogens (tertiary/aromatic N) is 2. The van der Waals surface area contributed by atoms with Gasteiger partial charge in [0.05, 0.1) is 17.6 Å². The van der Waals surface area contributed by atoms with E-state index in [4.69, 9.17) is 21.3 Å². The summed E-state index contributed by atoms with van der Waals surface area (Å²) in [5.74, 6) is 1.75. The van der Waals surface area contributed by atoms with Crippen LogP contribution in [0.5, 0.6) is 5.75 Å². The summed E-state index contributed by atoms with van der Waals surface area (Å²) in [7, 11) is 0. The molecule has 0 spiro atoms. The van der Waals surface area contributed by atoms with Crippen molar-refractivity contribution in [1.82, 2.24) is 9.55 Å². The average Bonchev–Trinajstić information content (AvgIpc) is 3.02. The Kier molecular flexibility index (Phi) is 4.96. The first kappa shape index (κ1) is 17.1. The molecule has 3 aromatic carbocycles. The molecule has 1 aromatic heterocycles. The molecule has 130 valence electrons. The van der Waals surface area contributed by atoms with E-state index in [1.165, 1.54) is 0 Å². The third-order valence-electron chi connectivity index (χ3n) is 4.13. The molecule has 0 saturated heterocycles. The van der Waals surface area contributed by atoms with Gasteiger partial charge >= 0.3 is 0 Å². The van der Waals surface area contributed by atoms with Crippen LogP contribution >= 0.6 is 27.5 Å². The summed E-state index contributed by atoms with van der Waals surface area (Å²) in [4.78, 5) is 4.83. The molecule has 0 atom stereocenters. The summed E-state index contributed by atoms with van der Waals surface area (Å²) >= 11 is 9.47. The Hall–Kier alpha value is -2.30. The minimum absolute atomic E-state index is 0.545. The minimum atomic E-state index is 0.545. The van der Waals surface area contributed by atoms with Crippen molar-refractivity contribution in [3.05, 3.63) is 82.3 Å². The van der Waals surface area contributed by atoms with Gasteiger partial charge in [-0.3, -0.25) is 0 Å². The summed E-state index contributed by atoms with van der Waals surface area (Å²) in [5.41, 5.74) is 3.15. The number of imidazole rings is 1. The summed E-state index contributed by atoms with van der Waals surface area (Å²) < 4.78 is 9.12. The third kappa shape index (κ3) is 3.62. The first-order chi connectivity index (χ1) is 12.7. The molecule has 0 fully saturated rings. The van der Waals surface area contributed by atoms with Crippen LogP contribution < -0.4 is 4.74 Å². The Bertz CT molecular complexity index is 1040. The molecule has 4 rings (SSSR count). The summed E-state index contributed by atoms with van der Waals surface area (Å²) in [5, 5.41) is 0.704. The van der Waals surface area contributed by atoms with Crippen LogP contribution in [0.3, 0.4) is 0 Å². The van der Waals surface area contributed by atoms with Crippen molar-refractivity contribution in [2.45, 2.75) is 6.54 Å². The molecule has 0 radical (unpaired) electrons. The van der Waals surface area contributed by atoms with Crippen molar-refractivity contribution in [1.29, 1.82) is 0 Å². The first-order valence-corrected chi connectivity index (χ1v) is 9.47. The van der Waals surface area contributed by atoms with E-state index in [1.807, 2.05) is 54.6 Å². The van der Waals surface area contributed by atoms with Crippen molar-refractivity contribution >= 4 is 38.6 Å². The predicted molar refractivity (Wildman–Crippen MR) is 110 cm³/mol. The van der Waals surface area contributed by atoms with Crippen molar-refractivity contribution < 1.29 is 4.74 Å². The Morgan fingerprint density at radius 2 is 1.77 bits per heavy atom. The lowest BCUT2D eigenvalue weighted by Gasteiger charge is -2.11. The second kappa shape index (κ2) is 7.52. The summed E-state index contributed by atoms with van der Waals surface area (Å²) in [6.45, 7) is 1.24. The van der Waals surface area contributed by atoms with Crippen molar-refractivity contribution in [3.8, 4) is 17.1 Å². The Morgan fingerprint density at radius 3 is 2.58 bits per heavy atom. The maximum atomic E-state index is 5.92. The van der Waals surface area contributed by atoms with Crippen LogP contribution in [0.4, 0.5) is 0 Å². The molecule has 0 saturated carbocycles. The molecule has 0 amide bonds. The topological polar surface area (TPSA) is 27.1 Å². The van der Waals surface area contributed by atoms with Gasteiger partial charge in [0.2, 0.25) is 0 Å². The van der Waals surface area contributed by atoms with Gasteiger partial charge in [-0.15, -0.1) is 0 Å². The van der Waals surface area contributed by atoms with E-state index < -0.39 is 0 Å². The third-order valence-corrected chi connectivity index (χ3v) is 4.88. The van der Waals surface area contributed by atoms with Crippen LogP contribution in [0, 0.1) is 0 Å². The van der Waals surface area contributed by atoms with Gasteiger partial charge in [-0.2, -0.15) is 0 Å². The molecule has 26 heavy (non-hydrogen) atoms. The zero-order valence-electron chi connectivity index (χ0n) is 13.9. The van der Waals surface area contributed by atoms with Gasteiger partial charge in [0.1, 0.15) is 18.2 Å². The maximum absolute atomic E-state index is 5.92. The second-order valence-corrected chi connectivity index (χ2v) is 7.24. The fraction of sp³-hybridized carbons (Fsp3) is 0.0952. The van der Waals surface area contributed by atoms with Gasteiger partial charge in [-0.05, 0) is 48.5 Å². The highest BCUT2D eigenvalue weighted by Gasteiger charge is 2.12. The van der Waals surface area contributed by atoms with E-state index in [-0.39, 0.29) is 0 Å². The number of ether oxygens (including phenoxy) is 1. The number of aromatic nitrogens is 2. The molecular weight excluding hydrogens is 412 g/mol. The number of rotatable bonds is 5. The molecule has 1 heterocycles. The number of hydrogen-bond acceptors (Lipinski definition) is 2. The number of hydrogen-bond donors (Lipinski definition) is 0. The van der Waals surface area contributed by atoms with Gasteiger partial charge < -0.3 is 9.30 Å². The normalized spacial score (nSPS) is 11.0. The van der Waals surface area contributed by atoms with Crippen molar-refractivity contribution in [2.75, 3.05) is 6.61 Å². The molecule has 0 unspecified atom stereocenters. The monoisotopic (exact) mass is 426 g/mol.